The molecule has 1 amide bonds. The van der Waals surface area contributed by atoms with Crippen molar-refractivity contribution in [1.29, 1.82) is 5.26 Å². The molecule has 132 valence electrons. The fourth-order valence-electron chi connectivity index (χ4n) is 2.08. The van der Waals surface area contributed by atoms with Crippen molar-refractivity contribution >= 4 is 23.6 Å². The van der Waals surface area contributed by atoms with E-state index in [0.717, 1.165) is 0 Å². The summed E-state index contributed by atoms with van der Waals surface area (Å²) in [6.45, 7) is 1.44. The second-order valence-corrected chi connectivity index (χ2v) is 5.35. The first-order valence-corrected chi connectivity index (χ1v) is 7.86. The highest BCUT2D eigenvalue weighted by atomic mass is 16.5. The van der Waals surface area contributed by atoms with Crippen LogP contribution in [0.15, 0.2) is 60.2 Å². The number of rotatable bonds is 6. The van der Waals surface area contributed by atoms with Crippen molar-refractivity contribution < 1.29 is 19.1 Å². The quantitative estimate of drug-likeness (QED) is 0.491. The van der Waals surface area contributed by atoms with E-state index in [0.29, 0.717) is 17.0 Å². The minimum atomic E-state index is -1.05. The summed E-state index contributed by atoms with van der Waals surface area (Å²) in [5, 5.41) is 11.9. The Labute approximate surface area is 151 Å². The summed E-state index contributed by atoms with van der Waals surface area (Å²) in [6.07, 6.45) is 0.330. The summed E-state index contributed by atoms with van der Waals surface area (Å²) < 4.78 is 10.2. The molecule has 0 unspecified atom stereocenters. The summed E-state index contributed by atoms with van der Waals surface area (Å²) in [5.41, 5.74) is 0.990. The SMILES string of the molecule is COc1cccc(/C=C(\C#N)C(=O)O[C@H](C)C(=O)Nc2ccccc2)c1. The number of benzene rings is 2. The lowest BCUT2D eigenvalue weighted by atomic mass is 10.1. The van der Waals surface area contributed by atoms with Crippen molar-refractivity contribution in [3.05, 3.63) is 65.7 Å². The summed E-state index contributed by atoms with van der Waals surface area (Å²) in [6, 6.07) is 17.5. The van der Waals surface area contributed by atoms with Gasteiger partial charge in [0.25, 0.3) is 5.91 Å². The number of methoxy groups -OCH3 is 1. The zero-order valence-electron chi connectivity index (χ0n) is 14.4. The average Bonchev–Trinajstić information content (AvgIpc) is 2.66. The fraction of sp³-hybridized carbons (Fsp3) is 0.150. The van der Waals surface area contributed by atoms with Crippen LogP contribution in [-0.4, -0.2) is 25.1 Å². The second kappa shape index (κ2) is 9.04. The van der Waals surface area contributed by atoms with Crippen LogP contribution in [-0.2, 0) is 14.3 Å². The Morgan fingerprint density at radius 1 is 1.15 bits per heavy atom. The number of hydrogen-bond donors (Lipinski definition) is 1. The maximum Gasteiger partial charge on any atom is 0.349 e. The molecule has 0 aliphatic rings. The largest absolute Gasteiger partial charge is 0.497 e. The van der Waals surface area contributed by atoms with E-state index < -0.39 is 18.0 Å². The van der Waals surface area contributed by atoms with Gasteiger partial charge in [0.05, 0.1) is 7.11 Å². The van der Waals surface area contributed by atoms with Crippen LogP contribution < -0.4 is 10.1 Å². The lowest BCUT2D eigenvalue weighted by Crippen LogP contribution is -2.30. The van der Waals surface area contributed by atoms with Gasteiger partial charge in [0.15, 0.2) is 6.10 Å². The molecule has 0 spiro atoms. The lowest BCUT2D eigenvalue weighted by molar-refractivity contribution is -0.148. The maximum absolute atomic E-state index is 12.2. The van der Waals surface area contributed by atoms with E-state index in [-0.39, 0.29) is 5.57 Å². The maximum atomic E-state index is 12.2. The molecular formula is C20H18N2O4. The predicted molar refractivity (Wildman–Crippen MR) is 97.2 cm³/mol. The molecule has 0 bridgehead atoms. The van der Waals surface area contributed by atoms with Crippen LogP contribution >= 0.6 is 0 Å². The Balaban J connectivity index is 2.05. The third kappa shape index (κ3) is 5.21. The summed E-state index contributed by atoms with van der Waals surface area (Å²) in [4.78, 5) is 24.3. The molecule has 0 heterocycles. The zero-order valence-corrected chi connectivity index (χ0v) is 14.4. The van der Waals surface area contributed by atoms with E-state index in [1.54, 1.807) is 54.6 Å². The Hall–Kier alpha value is -3.59. The molecule has 1 atom stereocenters. The van der Waals surface area contributed by atoms with Gasteiger partial charge in [-0.05, 0) is 42.8 Å². The van der Waals surface area contributed by atoms with Crippen LogP contribution in [0, 0.1) is 11.3 Å². The van der Waals surface area contributed by atoms with Gasteiger partial charge in [-0.1, -0.05) is 30.3 Å². The molecule has 0 aromatic heterocycles. The number of carbonyl (C=O) groups is 2. The Morgan fingerprint density at radius 2 is 1.88 bits per heavy atom. The van der Waals surface area contributed by atoms with Crippen LogP contribution in [0.1, 0.15) is 12.5 Å². The number of nitriles is 1. The van der Waals surface area contributed by atoms with Gasteiger partial charge in [0.1, 0.15) is 17.4 Å². The number of carbonyl (C=O) groups excluding carboxylic acids is 2. The highest BCUT2D eigenvalue weighted by Crippen LogP contribution is 2.16. The molecule has 0 aliphatic carbocycles. The smallest absolute Gasteiger partial charge is 0.349 e. The third-order valence-electron chi connectivity index (χ3n) is 3.44. The predicted octanol–water partition coefficient (Wildman–Crippen LogP) is 3.17. The lowest BCUT2D eigenvalue weighted by Gasteiger charge is -2.13. The van der Waals surface area contributed by atoms with Gasteiger partial charge in [-0.3, -0.25) is 4.79 Å². The Morgan fingerprint density at radius 3 is 2.54 bits per heavy atom. The highest BCUT2D eigenvalue weighted by Gasteiger charge is 2.20. The van der Waals surface area contributed by atoms with E-state index in [4.69, 9.17) is 9.47 Å². The van der Waals surface area contributed by atoms with Gasteiger partial charge in [-0.2, -0.15) is 5.26 Å². The summed E-state index contributed by atoms with van der Waals surface area (Å²) in [5.74, 6) is -0.755. The Kier molecular flexibility index (Phi) is 6.52. The minimum absolute atomic E-state index is 0.211. The van der Waals surface area contributed by atoms with Crippen molar-refractivity contribution in [3.8, 4) is 11.8 Å². The van der Waals surface area contributed by atoms with Gasteiger partial charge in [0.2, 0.25) is 0 Å². The monoisotopic (exact) mass is 350 g/mol. The number of anilines is 1. The van der Waals surface area contributed by atoms with Crippen molar-refractivity contribution in [2.24, 2.45) is 0 Å². The van der Waals surface area contributed by atoms with Crippen molar-refractivity contribution in [2.45, 2.75) is 13.0 Å². The minimum Gasteiger partial charge on any atom is -0.497 e. The number of ether oxygens (including phenoxy) is 2. The molecule has 2 aromatic rings. The molecule has 0 fully saturated rings. The number of esters is 1. The van der Waals surface area contributed by atoms with Crippen LogP contribution in [0.4, 0.5) is 5.69 Å². The molecular weight excluding hydrogens is 332 g/mol. The Bertz CT molecular complexity index is 854. The first-order chi connectivity index (χ1) is 12.5. The zero-order chi connectivity index (χ0) is 18.9. The van der Waals surface area contributed by atoms with E-state index in [1.807, 2.05) is 6.07 Å². The van der Waals surface area contributed by atoms with E-state index in [1.165, 1.54) is 20.1 Å². The van der Waals surface area contributed by atoms with E-state index in [9.17, 15) is 14.9 Å². The number of amides is 1. The normalized spacial score (nSPS) is 11.8. The first kappa shape index (κ1) is 18.7. The molecule has 1 N–H and O–H groups in total. The molecule has 0 aliphatic heterocycles. The average molecular weight is 350 g/mol. The van der Waals surface area contributed by atoms with Crippen LogP contribution in [0.3, 0.4) is 0 Å². The van der Waals surface area contributed by atoms with E-state index in [2.05, 4.69) is 5.32 Å². The van der Waals surface area contributed by atoms with Gasteiger partial charge in [-0.15, -0.1) is 0 Å². The second-order valence-electron chi connectivity index (χ2n) is 5.35. The van der Waals surface area contributed by atoms with Crippen LogP contribution in [0.5, 0.6) is 5.75 Å². The van der Waals surface area contributed by atoms with Crippen LogP contribution in [0.25, 0.3) is 6.08 Å². The topological polar surface area (TPSA) is 88.4 Å². The highest BCUT2D eigenvalue weighted by molar-refractivity contribution is 6.01. The first-order valence-electron chi connectivity index (χ1n) is 7.86. The molecule has 6 heteroatoms. The molecule has 0 saturated carbocycles. The molecule has 26 heavy (non-hydrogen) atoms. The van der Waals surface area contributed by atoms with Gasteiger partial charge in [-0.25, -0.2) is 4.79 Å². The van der Waals surface area contributed by atoms with E-state index >= 15 is 0 Å². The molecule has 0 saturated heterocycles. The standard InChI is InChI=1S/C20H18N2O4/c1-14(19(23)22-17-8-4-3-5-9-17)26-20(24)16(13-21)11-15-7-6-10-18(12-15)25-2/h3-12,14H,1-2H3,(H,22,23)/b16-11+/t14-/m1/s1. The van der Waals surface area contributed by atoms with Crippen LogP contribution in [0.2, 0.25) is 0 Å². The number of nitrogens with one attached hydrogen (secondary N) is 1. The summed E-state index contributed by atoms with van der Waals surface area (Å²) >= 11 is 0. The van der Waals surface area contributed by atoms with Crippen molar-refractivity contribution in [2.75, 3.05) is 12.4 Å². The van der Waals surface area contributed by atoms with Gasteiger partial charge in [0, 0.05) is 5.69 Å². The van der Waals surface area contributed by atoms with Crippen molar-refractivity contribution in [1.82, 2.24) is 0 Å². The molecule has 6 nitrogen and oxygen atoms in total. The number of hydrogen-bond acceptors (Lipinski definition) is 5. The molecule has 0 radical (unpaired) electrons. The summed E-state index contributed by atoms with van der Waals surface area (Å²) in [7, 11) is 1.52. The number of para-hydroxylation sites is 1. The third-order valence-corrected chi connectivity index (χ3v) is 3.44. The number of nitrogens with zero attached hydrogens (tertiary/aromatic N) is 1. The van der Waals surface area contributed by atoms with Crippen molar-refractivity contribution in [3.63, 3.8) is 0 Å². The van der Waals surface area contributed by atoms with Gasteiger partial charge < -0.3 is 14.8 Å². The molecule has 2 aromatic carbocycles. The van der Waals surface area contributed by atoms with Gasteiger partial charge >= 0.3 is 5.97 Å². The molecule has 2 rings (SSSR count). The fourth-order valence-corrected chi connectivity index (χ4v) is 2.08.